The fraction of sp³-hybridized carbons (Fsp3) is 0.300. The molecule has 14 heavy (non-hydrogen) atoms. The molecule has 0 aliphatic rings. The molecule has 76 valence electrons. The van der Waals surface area contributed by atoms with Gasteiger partial charge in [-0.2, -0.15) is 0 Å². The highest BCUT2D eigenvalue weighted by Crippen LogP contribution is 2.31. The summed E-state index contributed by atoms with van der Waals surface area (Å²) in [7, 11) is 0. The van der Waals surface area contributed by atoms with Gasteiger partial charge in [-0.3, -0.25) is 0 Å². The second kappa shape index (κ2) is 3.87. The average molecular weight is 228 g/mol. The topological polar surface area (TPSA) is 37.3 Å². The van der Waals surface area contributed by atoms with E-state index in [1.807, 2.05) is 13.8 Å². The van der Waals surface area contributed by atoms with Crippen LogP contribution in [0.25, 0.3) is 0 Å². The molecule has 0 spiro atoms. The first kappa shape index (κ1) is 11.5. The van der Waals surface area contributed by atoms with Crippen molar-refractivity contribution in [2.75, 3.05) is 0 Å². The molecule has 0 fully saturated rings. The maximum atomic E-state index is 11.0. The highest BCUT2D eigenvalue weighted by Gasteiger charge is 2.17. The van der Waals surface area contributed by atoms with Gasteiger partial charge in [-0.15, -0.1) is 25.3 Å². The smallest absolute Gasteiger partial charge is 0.337 e. The van der Waals surface area contributed by atoms with Crippen LogP contribution in [0.1, 0.15) is 27.0 Å². The van der Waals surface area contributed by atoms with Crippen molar-refractivity contribution in [3.63, 3.8) is 0 Å². The second-order valence-corrected chi connectivity index (χ2v) is 4.15. The quantitative estimate of drug-likeness (QED) is 0.647. The number of rotatable bonds is 1. The normalized spacial score (nSPS) is 10.4. The van der Waals surface area contributed by atoms with Crippen LogP contribution < -0.4 is 0 Å². The Morgan fingerprint density at radius 2 is 1.43 bits per heavy atom. The number of carbonyl (C=O) groups is 1. The van der Waals surface area contributed by atoms with Crippen molar-refractivity contribution in [1.29, 1.82) is 0 Å². The summed E-state index contributed by atoms with van der Waals surface area (Å²) in [6.07, 6.45) is 0. The number of aromatic carboxylic acids is 1. The molecule has 0 aliphatic carbocycles. The molecule has 0 unspecified atom stereocenters. The molecule has 1 rings (SSSR count). The van der Waals surface area contributed by atoms with E-state index in [4.69, 9.17) is 5.11 Å². The predicted octanol–water partition coefficient (Wildman–Crippen LogP) is 2.89. The van der Waals surface area contributed by atoms with Crippen molar-refractivity contribution in [2.45, 2.75) is 30.6 Å². The Morgan fingerprint density at radius 1 is 1.00 bits per heavy atom. The van der Waals surface area contributed by atoms with Gasteiger partial charge in [-0.1, -0.05) is 0 Å². The van der Waals surface area contributed by atoms with E-state index in [2.05, 4.69) is 25.3 Å². The number of hydrogen-bond donors (Lipinski definition) is 3. The van der Waals surface area contributed by atoms with Crippen molar-refractivity contribution in [1.82, 2.24) is 0 Å². The highest BCUT2D eigenvalue weighted by molar-refractivity contribution is 7.80. The fourth-order valence-corrected chi connectivity index (χ4v) is 2.09. The summed E-state index contributed by atoms with van der Waals surface area (Å²) in [5, 5.41) is 9.00. The number of thiol groups is 2. The first-order chi connectivity index (χ1) is 6.37. The first-order valence-corrected chi connectivity index (χ1v) is 5.02. The van der Waals surface area contributed by atoms with Crippen molar-refractivity contribution < 1.29 is 9.90 Å². The average Bonchev–Trinajstić information content (AvgIpc) is 2.11. The lowest BCUT2D eigenvalue weighted by atomic mass is 10.0. The largest absolute Gasteiger partial charge is 0.478 e. The van der Waals surface area contributed by atoms with Crippen molar-refractivity contribution >= 4 is 31.2 Å². The molecule has 0 aromatic heterocycles. The van der Waals surface area contributed by atoms with Gasteiger partial charge in [0.1, 0.15) is 0 Å². The maximum absolute atomic E-state index is 11.0. The van der Waals surface area contributed by atoms with E-state index < -0.39 is 5.97 Å². The molecule has 0 atom stereocenters. The Kier molecular flexibility index (Phi) is 3.17. The van der Waals surface area contributed by atoms with Crippen LogP contribution in [0.5, 0.6) is 0 Å². The Hall–Kier alpha value is -0.610. The van der Waals surface area contributed by atoms with Crippen LogP contribution in [0.15, 0.2) is 9.79 Å². The molecule has 0 heterocycles. The minimum atomic E-state index is -0.953. The minimum Gasteiger partial charge on any atom is -0.478 e. The molecule has 0 radical (unpaired) electrons. The first-order valence-electron chi connectivity index (χ1n) is 4.12. The predicted molar refractivity (Wildman–Crippen MR) is 62.1 cm³/mol. The molecule has 1 aromatic rings. The van der Waals surface area contributed by atoms with Crippen molar-refractivity contribution in [3.8, 4) is 0 Å². The fourth-order valence-electron chi connectivity index (χ4n) is 1.38. The van der Waals surface area contributed by atoms with Crippen LogP contribution in [-0.4, -0.2) is 11.1 Å². The third-order valence-electron chi connectivity index (χ3n) is 2.45. The van der Waals surface area contributed by atoms with E-state index in [-0.39, 0.29) is 5.56 Å². The van der Waals surface area contributed by atoms with Gasteiger partial charge in [0.2, 0.25) is 0 Å². The summed E-state index contributed by atoms with van der Waals surface area (Å²) in [6.45, 7) is 5.51. The summed E-state index contributed by atoms with van der Waals surface area (Å²) in [5.41, 5.74) is 2.79. The molecular formula is C10H12O2S2. The van der Waals surface area contributed by atoms with Gasteiger partial charge in [0.25, 0.3) is 0 Å². The van der Waals surface area contributed by atoms with E-state index in [1.54, 1.807) is 6.92 Å². The third-order valence-corrected chi connectivity index (χ3v) is 3.68. The lowest BCUT2D eigenvalue weighted by Gasteiger charge is -2.14. The van der Waals surface area contributed by atoms with E-state index in [1.165, 1.54) is 0 Å². The maximum Gasteiger partial charge on any atom is 0.337 e. The molecule has 0 bridgehead atoms. The van der Waals surface area contributed by atoms with E-state index in [0.717, 1.165) is 16.0 Å². The summed E-state index contributed by atoms with van der Waals surface area (Å²) in [6, 6.07) is 0. The lowest BCUT2D eigenvalue weighted by molar-refractivity contribution is 0.0692. The summed E-state index contributed by atoms with van der Waals surface area (Å²) in [5.74, 6) is -0.953. The van der Waals surface area contributed by atoms with Crippen LogP contribution >= 0.6 is 25.3 Å². The number of benzene rings is 1. The monoisotopic (exact) mass is 228 g/mol. The number of hydrogen-bond acceptors (Lipinski definition) is 3. The molecule has 0 saturated carbocycles. The standard InChI is InChI=1S/C10H12O2S2/c1-4-5(2)9(14)7(10(11)12)6(3)8(4)13/h13-14H,1-3H3,(H,11,12). The zero-order valence-electron chi connectivity index (χ0n) is 8.25. The van der Waals surface area contributed by atoms with Gasteiger partial charge < -0.3 is 5.11 Å². The van der Waals surface area contributed by atoms with Gasteiger partial charge >= 0.3 is 5.97 Å². The zero-order chi connectivity index (χ0) is 11.0. The molecule has 1 aromatic carbocycles. The SMILES string of the molecule is Cc1c(C)c(S)c(C(=O)O)c(C)c1S. The Morgan fingerprint density at radius 3 is 1.86 bits per heavy atom. The molecule has 2 nitrogen and oxygen atoms in total. The lowest BCUT2D eigenvalue weighted by Crippen LogP contribution is -2.05. The Labute approximate surface area is 94.2 Å². The van der Waals surface area contributed by atoms with Crippen molar-refractivity contribution in [2.24, 2.45) is 0 Å². The van der Waals surface area contributed by atoms with Gasteiger partial charge in [0.15, 0.2) is 0 Å². The molecule has 1 N–H and O–H groups in total. The van der Waals surface area contributed by atoms with Crippen LogP contribution in [0.2, 0.25) is 0 Å². The summed E-state index contributed by atoms with van der Waals surface area (Å²) in [4.78, 5) is 12.2. The summed E-state index contributed by atoms with van der Waals surface area (Å²) < 4.78 is 0. The summed E-state index contributed by atoms with van der Waals surface area (Å²) >= 11 is 8.52. The number of carboxylic acids is 1. The van der Waals surface area contributed by atoms with E-state index >= 15 is 0 Å². The van der Waals surface area contributed by atoms with Crippen LogP contribution in [0, 0.1) is 20.8 Å². The highest BCUT2D eigenvalue weighted by atomic mass is 32.1. The van der Waals surface area contributed by atoms with Gasteiger partial charge in [-0.25, -0.2) is 4.79 Å². The number of carboxylic acid groups (broad SMARTS) is 1. The van der Waals surface area contributed by atoms with Gasteiger partial charge in [0.05, 0.1) is 5.56 Å². The third kappa shape index (κ3) is 1.64. The molecule has 0 aliphatic heterocycles. The van der Waals surface area contributed by atoms with Gasteiger partial charge in [0, 0.05) is 9.79 Å². The Bertz CT molecular complexity index is 382. The van der Waals surface area contributed by atoms with Crippen molar-refractivity contribution in [3.05, 3.63) is 22.3 Å². The molecule has 0 saturated heterocycles. The van der Waals surface area contributed by atoms with Crippen LogP contribution in [0.3, 0.4) is 0 Å². The molecule has 0 amide bonds. The van der Waals surface area contributed by atoms with E-state index in [0.29, 0.717) is 10.5 Å². The Balaban J connectivity index is 3.68. The molecular weight excluding hydrogens is 216 g/mol. The molecule has 4 heteroatoms. The van der Waals surface area contributed by atoms with Gasteiger partial charge in [-0.05, 0) is 37.5 Å². The van der Waals surface area contributed by atoms with Crippen LogP contribution in [-0.2, 0) is 0 Å². The van der Waals surface area contributed by atoms with Crippen LogP contribution in [0.4, 0.5) is 0 Å². The van der Waals surface area contributed by atoms with E-state index in [9.17, 15) is 4.79 Å². The zero-order valence-corrected chi connectivity index (χ0v) is 10.0. The minimum absolute atomic E-state index is 0.251. The second-order valence-electron chi connectivity index (χ2n) is 3.25.